The highest BCUT2D eigenvalue weighted by molar-refractivity contribution is 5.27. The van der Waals surface area contributed by atoms with E-state index < -0.39 is 11.4 Å². The molecule has 1 aromatic carbocycles. The van der Waals surface area contributed by atoms with E-state index in [0.29, 0.717) is 17.4 Å². The molecule has 0 bridgehead atoms. The van der Waals surface area contributed by atoms with Gasteiger partial charge in [-0.3, -0.25) is 0 Å². The van der Waals surface area contributed by atoms with E-state index in [2.05, 4.69) is 13.8 Å². The third-order valence-electron chi connectivity index (χ3n) is 4.33. The van der Waals surface area contributed by atoms with E-state index in [1.54, 1.807) is 0 Å². The van der Waals surface area contributed by atoms with E-state index in [-0.39, 0.29) is 5.82 Å². The molecule has 0 unspecified atom stereocenters. The first-order chi connectivity index (χ1) is 8.42. The predicted molar refractivity (Wildman–Crippen MR) is 69.0 cm³/mol. The minimum Gasteiger partial charge on any atom is -0.321 e. The van der Waals surface area contributed by atoms with Gasteiger partial charge in [0.25, 0.3) is 0 Å². The molecule has 1 aliphatic rings. The van der Waals surface area contributed by atoms with Crippen LogP contribution in [-0.4, -0.2) is 0 Å². The summed E-state index contributed by atoms with van der Waals surface area (Å²) >= 11 is 0. The maximum atomic E-state index is 13.8. The lowest BCUT2D eigenvalue weighted by atomic mass is 9.70. The topological polar surface area (TPSA) is 26.0 Å². The van der Waals surface area contributed by atoms with Gasteiger partial charge in [-0.05, 0) is 55.7 Å². The van der Waals surface area contributed by atoms with Crippen molar-refractivity contribution in [1.29, 1.82) is 0 Å². The largest absolute Gasteiger partial charge is 0.321 e. The van der Waals surface area contributed by atoms with Gasteiger partial charge in [0.05, 0.1) is 0 Å². The molecule has 0 atom stereocenters. The van der Waals surface area contributed by atoms with Gasteiger partial charge >= 0.3 is 0 Å². The summed E-state index contributed by atoms with van der Waals surface area (Å²) in [6.45, 7) is 4.41. The van der Waals surface area contributed by atoms with Crippen LogP contribution >= 0.6 is 0 Å². The van der Waals surface area contributed by atoms with Crippen molar-refractivity contribution in [3.63, 3.8) is 0 Å². The zero-order valence-corrected chi connectivity index (χ0v) is 11.0. The third kappa shape index (κ3) is 2.56. The highest BCUT2D eigenvalue weighted by Gasteiger charge is 2.36. The fraction of sp³-hybridized carbons (Fsp3) is 0.600. The van der Waals surface area contributed by atoms with E-state index in [9.17, 15) is 8.78 Å². The summed E-state index contributed by atoms with van der Waals surface area (Å²) in [7, 11) is 0. The molecule has 0 amide bonds. The van der Waals surface area contributed by atoms with Gasteiger partial charge in [-0.25, -0.2) is 8.78 Å². The molecule has 0 spiro atoms. The van der Waals surface area contributed by atoms with Crippen LogP contribution in [0.15, 0.2) is 18.2 Å². The number of nitrogens with two attached hydrogens (primary N) is 1. The molecule has 0 aromatic heterocycles. The maximum absolute atomic E-state index is 13.8. The van der Waals surface area contributed by atoms with E-state index in [1.165, 1.54) is 12.1 Å². The summed E-state index contributed by atoms with van der Waals surface area (Å²) in [6, 6.07) is 3.57. The number of halogens is 2. The summed E-state index contributed by atoms with van der Waals surface area (Å²) in [5, 5.41) is 0. The first-order valence-corrected chi connectivity index (χ1v) is 6.67. The molecule has 0 radical (unpaired) electrons. The Labute approximate surface area is 107 Å². The zero-order valence-electron chi connectivity index (χ0n) is 11.0. The van der Waals surface area contributed by atoms with Crippen molar-refractivity contribution < 1.29 is 8.78 Å². The standard InChI is InChI=1S/C15H21F2N/c1-10(2)11-5-7-15(18,8-6-11)13-9-12(16)3-4-14(13)17/h3-4,9-11H,5-8,18H2,1-2H3. The van der Waals surface area contributed by atoms with Crippen LogP contribution in [0.1, 0.15) is 45.1 Å². The average molecular weight is 253 g/mol. The van der Waals surface area contributed by atoms with Gasteiger partial charge in [0, 0.05) is 11.1 Å². The van der Waals surface area contributed by atoms with Crippen LogP contribution in [0.5, 0.6) is 0 Å². The maximum Gasteiger partial charge on any atom is 0.128 e. The third-order valence-corrected chi connectivity index (χ3v) is 4.33. The first-order valence-electron chi connectivity index (χ1n) is 6.67. The molecule has 3 heteroatoms. The smallest absolute Gasteiger partial charge is 0.128 e. The van der Waals surface area contributed by atoms with Crippen molar-refractivity contribution in [2.75, 3.05) is 0 Å². The molecule has 0 saturated heterocycles. The lowest BCUT2D eigenvalue weighted by Crippen LogP contribution is -2.42. The van der Waals surface area contributed by atoms with Crippen LogP contribution in [0.25, 0.3) is 0 Å². The second-order valence-corrected chi connectivity index (χ2v) is 5.86. The van der Waals surface area contributed by atoms with Crippen molar-refractivity contribution in [3.05, 3.63) is 35.4 Å². The van der Waals surface area contributed by atoms with Crippen molar-refractivity contribution in [1.82, 2.24) is 0 Å². The van der Waals surface area contributed by atoms with Crippen molar-refractivity contribution in [3.8, 4) is 0 Å². The molecule has 1 fully saturated rings. The van der Waals surface area contributed by atoms with Gasteiger partial charge in [0.15, 0.2) is 0 Å². The summed E-state index contributed by atoms with van der Waals surface area (Å²) in [4.78, 5) is 0. The van der Waals surface area contributed by atoms with Crippen LogP contribution in [0.3, 0.4) is 0 Å². The fourth-order valence-electron chi connectivity index (χ4n) is 2.97. The van der Waals surface area contributed by atoms with Gasteiger partial charge in [0.2, 0.25) is 0 Å². The van der Waals surface area contributed by atoms with E-state index in [1.807, 2.05) is 0 Å². The Morgan fingerprint density at radius 2 is 1.83 bits per heavy atom. The van der Waals surface area contributed by atoms with Crippen molar-refractivity contribution in [2.24, 2.45) is 17.6 Å². The van der Waals surface area contributed by atoms with Gasteiger partial charge in [0.1, 0.15) is 11.6 Å². The van der Waals surface area contributed by atoms with Crippen LogP contribution in [0, 0.1) is 23.5 Å². The van der Waals surface area contributed by atoms with Crippen LogP contribution < -0.4 is 5.73 Å². The lowest BCUT2D eigenvalue weighted by molar-refractivity contribution is 0.192. The Balaban J connectivity index is 2.20. The summed E-state index contributed by atoms with van der Waals surface area (Å²) in [5.74, 6) is 0.481. The quantitative estimate of drug-likeness (QED) is 0.848. The molecule has 2 rings (SSSR count). The molecule has 1 nitrogen and oxygen atoms in total. The minimum absolute atomic E-state index is 0.338. The lowest BCUT2D eigenvalue weighted by Gasteiger charge is -2.39. The second kappa shape index (κ2) is 4.96. The summed E-state index contributed by atoms with van der Waals surface area (Å²) < 4.78 is 27.1. The van der Waals surface area contributed by atoms with Gasteiger partial charge in [-0.1, -0.05) is 13.8 Å². The number of rotatable bonds is 2. The average Bonchev–Trinajstić information content (AvgIpc) is 2.32. The zero-order chi connectivity index (χ0) is 13.3. The molecule has 2 N–H and O–H groups in total. The summed E-state index contributed by atoms with van der Waals surface area (Å²) in [6.07, 6.45) is 3.45. The molecule has 1 aliphatic carbocycles. The minimum atomic E-state index is -0.697. The highest BCUT2D eigenvalue weighted by Crippen LogP contribution is 2.40. The Bertz CT molecular complexity index is 421. The van der Waals surface area contributed by atoms with Gasteiger partial charge < -0.3 is 5.73 Å². The SMILES string of the molecule is CC(C)C1CCC(N)(c2cc(F)ccc2F)CC1. The Hall–Kier alpha value is -0.960. The van der Waals surface area contributed by atoms with Crippen LogP contribution in [0.4, 0.5) is 8.78 Å². The number of hydrogen-bond donors (Lipinski definition) is 1. The van der Waals surface area contributed by atoms with Crippen molar-refractivity contribution >= 4 is 0 Å². The van der Waals surface area contributed by atoms with Crippen LogP contribution in [0.2, 0.25) is 0 Å². The fourth-order valence-corrected chi connectivity index (χ4v) is 2.97. The Kier molecular flexibility index (Phi) is 3.71. The Morgan fingerprint density at radius 3 is 2.39 bits per heavy atom. The van der Waals surface area contributed by atoms with E-state index >= 15 is 0 Å². The van der Waals surface area contributed by atoms with Crippen molar-refractivity contribution in [2.45, 2.75) is 45.1 Å². The predicted octanol–water partition coefficient (Wildman–Crippen LogP) is 3.97. The second-order valence-electron chi connectivity index (χ2n) is 5.86. The number of benzene rings is 1. The molecular formula is C15H21F2N. The normalized spacial score (nSPS) is 28.7. The van der Waals surface area contributed by atoms with E-state index in [4.69, 9.17) is 5.73 Å². The molecule has 100 valence electrons. The molecule has 0 aliphatic heterocycles. The molecule has 1 aromatic rings. The Morgan fingerprint density at radius 1 is 1.22 bits per heavy atom. The molecule has 18 heavy (non-hydrogen) atoms. The van der Waals surface area contributed by atoms with Gasteiger partial charge in [-0.15, -0.1) is 0 Å². The number of hydrogen-bond acceptors (Lipinski definition) is 1. The molecular weight excluding hydrogens is 232 g/mol. The van der Waals surface area contributed by atoms with Crippen LogP contribution in [-0.2, 0) is 5.54 Å². The molecule has 0 heterocycles. The van der Waals surface area contributed by atoms with Gasteiger partial charge in [-0.2, -0.15) is 0 Å². The van der Waals surface area contributed by atoms with E-state index in [0.717, 1.165) is 31.7 Å². The summed E-state index contributed by atoms with van der Waals surface area (Å²) in [5.41, 5.74) is 5.95. The first kappa shape index (κ1) is 13.5. The monoisotopic (exact) mass is 253 g/mol. The molecule has 1 saturated carbocycles. The highest BCUT2D eigenvalue weighted by atomic mass is 19.1.